The first-order chi connectivity index (χ1) is 21.2. The molecule has 4 aromatic carbocycles. The molecule has 0 radical (unpaired) electrons. The number of fused-ring (bicyclic) bond motifs is 1. The third-order valence-electron chi connectivity index (χ3n) is 7.06. The Morgan fingerprint density at radius 3 is 2.27 bits per heavy atom. The lowest BCUT2D eigenvalue weighted by Crippen LogP contribution is -2.35. The summed E-state index contributed by atoms with van der Waals surface area (Å²) in [4.78, 5) is 39.9. The number of ether oxygens (including phenoxy) is 2. The van der Waals surface area contributed by atoms with Crippen molar-refractivity contribution >= 4 is 28.3 Å². The highest BCUT2D eigenvalue weighted by Crippen LogP contribution is 2.31. The maximum Gasteiger partial charge on any atom is 0.416 e. The number of methoxy groups -OCH3 is 1. The van der Waals surface area contributed by atoms with Crippen LogP contribution in [0.3, 0.4) is 0 Å². The Morgan fingerprint density at radius 1 is 0.886 bits per heavy atom. The van der Waals surface area contributed by atoms with Crippen LogP contribution in [0.1, 0.15) is 27.5 Å². The Morgan fingerprint density at radius 2 is 1.57 bits per heavy atom. The van der Waals surface area contributed by atoms with Gasteiger partial charge in [-0.1, -0.05) is 72.8 Å². The number of benzene rings is 4. The molecule has 0 saturated heterocycles. The van der Waals surface area contributed by atoms with Crippen molar-refractivity contribution in [1.29, 1.82) is 0 Å². The third kappa shape index (κ3) is 6.71. The highest BCUT2D eigenvalue weighted by molar-refractivity contribution is 6.05. The number of esters is 1. The van der Waals surface area contributed by atoms with Gasteiger partial charge in [0.2, 0.25) is 0 Å². The van der Waals surface area contributed by atoms with Gasteiger partial charge in [0.1, 0.15) is 5.69 Å². The van der Waals surface area contributed by atoms with Crippen molar-refractivity contribution in [3.8, 4) is 11.1 Å². The van der Waals surface area contributed by atoms with Crippen LogP contribution in [-0.2, 0) is 27.1 Å². The number of alkyl halides is 3. The van der Waals surface area contributed by atoms with E-state index in [1.54, 1.807) is 0 Å². The van der Waals surface area contributed by atoms with Gasteiger partial charge >= 0.3 is 12.1 Å². The van der Waals surface area contributed by atoms with Gasteiger partial charge in [-0.2, -0.15) is 13.2 Å². The molecule has 5 aromatic rings. The molecule has 0 bridgehead atoms. The minimum atomic E-state index is -4.57. The number of nitrogens with zero attached hydrogens (tertiary/aromatic N) is 1. The molecule has 1 amide bonds. The summed E-state index contributed by atoms with van der Waals surface area (Å²) in [6, 6.07) is 26.4. The number of hydrogen-bond donors (Lipinski definition) is 1. The average Bonchev–Trinajstić information content (AvgIpc) is 3.04. The van der Waals surface area contributed by atoms with Crippen LogP contribution >= 0.6 is 0 Å². The van der Waals surface area contributed by atoms with Crippen LogP contribution in [0.15, 0.2) is 114 Å². The fourth-order valence-electron chi connectivity index (χ4n) is 4.81. The second-order valence-electron chi connectivity index (χ2n) is 9.95. The van der Waals surface area contributed by atoms with Crippen molar-refractivity contribution in [3.05, 3.63) is 136 Å². The maximum atomic E-state index is 13.8. The van der Waals surface area contributed by atoms with E-state index in [1.807, 2.05) is 72.8 Å². The molecule has 1 aromatic heterocycles. The first-order valence-corrected chi connectivity index (χ1v) is 13.6. The summed E-state index contributed by atoms with van der Waals surface area (Å²) in [5.74, 6) is -1.54. The molecular formula is C34H27F3N2O5. The van der Waals surface area contributed by atoms with E-state index < -0.39 is 35.2 Å². The quantitative estimate of drug-likeness (QED) is 0.187. The summed E-state index contributed by atoms with van der Waals surface area (Å²) >= 11 is 0. The lowest BCUT2D eigenvalue weighted by molar-refractivity contribution is -0.147. The Hall–Kier alpha value is -5.22. The van der Waals surface area contributed by atoms with Crippen LogP contribution in [-0.4, -0.2) is 30.2 Å². The minimum absolute atomic E-state index is 0.0878. The van der Waals surface area contributed by atoms with Crippen molar-refractivity contribution in [2.75, 3.05) is 19.0 Å². The minimum Gasteiger partial charge on any atom is -0.467 e. The van der Waals surface area contributed by atoms with E-state index in [4.69, 9.17) is 9.47 Å². The Balaban J connectivity index is 1.57. The van der Waals surface area contributed by atoms with Crippen LogP contribution in [0, 0.1) is 0 Å². The molecule has 0 aliphatic carbocycles. The predicted octanol–water partition coefficient (Wildman–Crippen LogP) is 6.87. The van der Waals surface area contributed by atoms with Gasteiger partial charge in [0.15, 0.2) is 6.04 Å². The van der Waals surface area contributed by atoms with Crippen LogP contribution in [0.2, 0.25) is 0 Å². The molecule has 0 aliphatic rings. The summed E-state index contributed by atoms with van der Waals surface area (Å²) in [5, 5.41) is 4.31. The van der Waals surface area contributed by atoms with Crippen LogP contribution in [0.5, 0.6) is 0 Å². The average molecular weight is 601 g/mol. The van der Waals surface area contributed by atoms with E-state index in [-0.39, 0.29) is 24.5 Å². The van der Waals surface area contributed by atoms with E-state index >= 15 is 0 Å². The van der Waals surface area contributed by atoms with Crippen molar-refractivity contribution < 1.29 is 32.2 Å². The number of aromatic nitrogens is 1. The summed E-state index contributed by atoms with van der Waals surface area (Å²) in [5.41, 5.74) is 0.167. The highest BCUT2D eigenvalue weighted by atomic mass is 19.4. The molecule has 7 nitrogen and oxygen atoms in total. The standard InChI is InChI=1S/C34H27F3N2O5/c1-43-33(42)30(21-44-20-22-8-3-2-4-9-22)39-19-25(28-13-7-11-23-10-5-6-12-27(23)28)18-29(32(39)41)38-31(40)24-14-16-26(17-15-24)34(35,36)37/h2-19,30H,20-21H2,1H3,(H,38,40). The SMILES string of the molecule is COC(=O)C(COCc1ccccc1)n1cc(-c2cccc3ccccc23)cc(NC(=O)c2ccc(C(F)(F)F)cc2)c1=O. The van der Waals surface area contributed by atoms with Gasteiger partial charge in [-0.3, -0.25) is 14.2 Å². The summed E-state index contributed by atoms with van der Waals surface area (Å²) in [6.07, 6.45) is -3.06. The fraction of sp³-hybridized carbons (Fsp3) is 0.147. The summed E-state index contributed by atoms with van der Waals surface area (Å²) in [7, 11) is 1.19. The molecule has 1 unspecified atom stereocenters. The van der Waals surface area contributed by atoms with Gasteiger partial charge in [-0.25, -0.2) is 4.79 Å². The number of hydrogen-bond acceptors (Lipinski definition) is 5. The Kier molecular flexibility index (Phi) is 8.91. The second-order valence-corrected chi connectivity index (χ2v) is 9.95. The zero-order valence-electron chi connectivity index (χ0n) is 23.5. The number of anilines is 1. The zero-order valence-corrected chi connectivity index (χ0v) is 23.5. The van der Waals surface area contributed by atoms with E-state index in [0.717, 1.165) is 50.7 Å². The van der Waals surface area contributed by atoms with E-state index in [1.165, 1.54) is 19.4 Å². The summed E-state index contributed by atoms with van der Waals surface area (Å²) < 4.78 is 51.1. The van der Waals surface area contributed by atoms with E-state index in [2.05, 4.69) is 5.32 Å². The number of halogens is 3. The van der Waals surface area contributed by atoms with Crippen LogP contribution in [0.25, 0.3) is 21.9 Å². The molecule has 1 atom stereocenters. The predicted molar refractivity (Wildman–Crippen MR) is 160 cm³/mol. The molecule has 1 heterocycles. The molecule has 1 N–H and O–H groups in total. The number of carbonyl (C=O) groups is 2. The lowest BCUT2D eigenvalue weighted by Gasteiger charge is -2.21. The number of rotatable bonds is 9. The lowest BCUT2D eigenvalue weighted by atomic mass is 9.99. The van der Waals surface area contributed by atoms with Gasteiger partial charge < -0.3 is 14.8 Å². The van der Waals surface area contributed by atoms with Gasteiger partial charge in [0.05, 0.1) is 25.9 Å². The normalized spacial score (nSPS) is 12.1. The van der Waals surface area contributed by atoms with Crippen LogP contribution < -0.4 is 10.9 Å². The van der Waals surface area contributed by atoms with E-state index in [0.29, 0.717) is 5.56 Å². The number of pyridine rings is 1. The molecule has 0 spiro atoms. The molecule has 5 rings (SSSR count). The number of carbonyl (C=O) groups excluding carboxylic acids is 2. The smallest absolute Gasteiger partial charge is 0.416 e. The summed E-state index contributed by atoms with van der Waals surface area (Å²) in [6.45, 7) is -0.0453. The number of amides is 1. The van der Waals surface area contributed by atoms with Gasteiger partial charge in [0, 0.05) is 17.3 Å². The molecular weight excluding hydrogens is 573 g/mol. The van der Waals surface area contributed by atoms with Gasteiger partial charge in [-0.15, -0.1) is 0 Å². The van der Waals surface area contributed by atoms with Gasteiger partial charge in [0.25, 0.3) is 11.5 Å². The monoisotopic (exact) mass is 600 g/mol. The molecule has 0 saturated carbocycles. The highest BCUT2D eigenvalue weighted by Gasteiger charge is 2.30. The number of nitrogens with one attached hydrogen (secondary N) is 1. The molecule has 0 aliphatic heterocycles. The molecule has 44 heavy (non-hydrogen) atoms. The van der Waals surface area contributed by atoms with Crippen molar-refractivity contribution in [2.24, 2.45) is 0 Å². The zero-order chi connectivity index (χ0) is 31.3. The third-order valence-corrected chi connectivity index (χ3v) is 7.06. The van der Waals surface area contributed by atoms with Crippen molar-refractivity contribution in [3.63, 3.8) is 0 Å². The fourth-order valence-corrected chi connectivity index (χ4v) is 4.81. The first-order valence-electron chi connectivity index (χ1n) is 13.6. The largest absolute Gasteiger partial charge is 0.467 e. The van der Waals surface area contributed by atoms with E-state index in [9.17, 15) is 27.6 Å². The second kappa shape index (κ2) is 13.0. The molecule has 224 valence electrons. The molecule has 10 heteroatoms. The van der Waals surface area contributed by atoms with Crippen molar-refractivity contribution in [2.45, 2.75) is 18.8 Å². The van der Waals surface area contributed by atoms with Gasteiger partial charge in [-0.05, 0) is 52.2 Å². The Bertz CT molecular complexity index is 1850. The van der Waals surface area contributed by atoms with Crippen LogP contribution in [0.4, 0.5) is 18.9 Å². The Labute approximate surface area is 250 Å². The maximum absolute atomic E-state index is 13.8. The van der Waals surface area contributed by atoms with Crippen molar-refractivity contribution in [1.82, 2.24) is 4.57 Å². The molecule has 0 fully saturated rings. The topological polar surface area (TPSA) is 86.6 Å². The first kappa shape index (κ1) is 30.2.